The molecule has 0 unspecified atom stereocenters. The molecule has 1 N–H and O–H groups in total. The fourth-order valence-electron chi connectivity index (χ4n) is 3.74. The molecule has 0 aliphatic carbocycles. The van der Waals surface area contributed by atoms with Crippen LogP contribution in [0.1, 0.15) is 19.8 Å². The Kier molecular flexibility index (Phi) is 8.23. The number of para-hydroxylation sites is 2. The standard InChI is InChI=1S/C21H34N4O3/c1-2-28-20-8-4-3-7-19(20)24-11-13-25(14-12-24)21(26)22-9-5-6-10-23-15-17-27-18-16-23/h3-4,7-8H,2,5-6,9-18H2,1H3,(H,22,26). The van der Waals surface area contributed by atoms with Gasteiger partial charge in [0.25, 0.3) is 0 Å². The van der Waals surface area contributed by atoms with Gasteiger partial charge in [0, 0.05) is 45.8 Å². The second-order valence-corrected chi connectivity index (χ2v) is 7.27. The van der Waals surface area contributed by atoms with Crippen LogP contribution in [0.5, 0.6) is 5.75 Å². The van der Waals surface area contributed by atoms with Crippen molar-refractivity contribution in [3.05, 3.63) is 24.3 Å². The predicted molar refractivity (Wildman–Crippen MR) is 111 cm³/mol. The first-order valence-electron chi connectivity index (χ1n) is 10.6. The van der Waals surface area contributed by atoms with Crippen LogP contribution in [0.3, 0.4) is 0 Å². The van der Waals surface area contributed by atoms with Crippen LogP contribution in [0.4, 0.5) is 10.5 Å². The Hall–Kier alpha value is -1.99. The second-order valence-electron chi connectivity index (χ2n) is 7.27. The van der Waals surface area contributed by atoms with E-state index in [4.69, 9.17) is 9.47 Å². The molecule has 7 nitrogen and oxygen atoms in total. The third-order valence-corrected chi connectivity index (χ3v) is 5.35. The van der Waals surface area contributed by atoms with E-state index in [0.717, 1.165) is 89.9 Å². The molecule has 2 aliphatic heterocycles. The molecular formula is C21H34N4O3. The highest BCUT2D eigenvalue weighted by atomic mass is 16.5. The molecule has 0 spiro atoms. The third kappa shape index (κ3) is 6.01. The van der Waals surface area contributed by atoms with Crippen LogP contribution < -0.4 is 15.0 Å². The Morgan fingerprint density at radius 3 is 2.57 bits per heavy atom. The van der Waals surface area contributed by atoms with E-state index in [2.05, 4.69) is 21.2 Å². The average molecular weight is 391 g/mol. The molecule has 2 fully saturated rings. The fraction of sp³-hybridized carbons (Fsp3) is 0.667. The first kappa shape index (κ1) is 20.7. The highest BCUT2D eigenvalue weighted by Crippen LogP contribution is 2.28. The van der Waals surface area contributed by atoms with Crippen LogP contribution in [0.15, 0.2) is 24.3 Å². The Morgan fingerprint density at radius 1 is 1.07 bits per heavy atom. The largest absolute Gasteiger partial charge is 0.492 e. The Balaban J connectivity index is 1.33. The van der Waals surface area contributed by atoms with Gasteiger partial charge in [-0.1, -0.05) is 12.1 Å². The molecule has 0 atom stereocenters. The molecule has 1 aromatic rings. The van der Waals surface area contributed by atoms with Crippen LogP contribution in [0.2, 0.25) is 0 Å². The van der Waals surface area contributed by atoms with Crippen molar-refractivity contribution in [2.24, 2.45) is 0 Å². The summed E-state index contributed by atoms with van der Waals surface area (Å²) in [6.45, 7) is 11.4. The van der Waals surface area contributed by atoms with Crippen molar-refractivity contribution < 1.29 is 14.3 Å². The van der Waals surface area contributed by atoms with Gasteiger partial charge in [0.2, 0.25) is 0 Å². The number of nitrogens with zero attached hydrogens (tertiary/aromatic N) is 3. The number of morpholine rings is 1. The first-order valence-corrected chi connectivity index (χ1v) is 10.6. The van der Waals surface area contributed by atoms with Crippen LogP contribution in [0.25, 0.3) is 0 Å². The molecule has 0 radical (unpaired) electrons. The molecule has 2 amide bonds. The number of hydrogen-bond acceptors (Lipinski definition) is 5. The predicted octanol–water partition coefficient (Wildman–Crippen LogP) is 2.03. The summed E-state index contributed by atoms with van der Waals surface area (Å²) >= 11 is 0. The van der Waals surface area contributed by atoms with Gasteiger partial charge in [-0.3, -0.25) is 4.90 Å². The minimum absolute atomic E-state index is 0.0594. The molecule has 3 rings (SSSR count). The number of benzene rings is 1. The van der Waals surface area contributed by atoms with Crippen LogP contribution in [0, 0.1) is 0 Å². The van der Waals surface area contributed by atoms with Gasteiger partial charge in [0.05, 0.1) is 25.5 Å². The number of piperazine rings is 1. The molecule has 7 heteroatoms. The lowest BCUT2D eigenvalue weighted by atomic mass is 10.2. The maximum absolute atomic E-state index is 12.4. The normalized spacial score (nSPS) is 18.2. The van der Waals surface area contributed by atoms with Gasteiger partial charge in [-0.15, -0.1) is 0 Å². The van der Waals surface area contributed by atoms with Gasteiger partial charge in [0.1, 0.15) is 5.75 Å². The molecule has 2 heterocycles. The lowest BCUT2D eigenvalue weighted by Crippen LogP contribution is -2.52. The van der Waals surface area contributed by atoms with E-state index < -0.39 is 0 Å². The van der Waals surface area contributed by atoms with E-state index in [-0.39, 0.29) is 6.03 Å². The smallest absolute Gasteiger partial charge is 0.317 e. The van der Waals surface area contributed by atoms with Crippen molar-refractivity contribution in [1.82, 2.24) is 15.1 Å². The first-order chi connectivity index (χ1) is 13.8. The van der Waals surface area contributed by atoms with Crippen LogP contribution >= 0.6 is 0 Å². The van der Waals surface area contributed by atoms with Gasteiger partial charge in [-0.05, 0) is 38.4 Å². The lowest BCUT2D eigenvalue weighted by molar-refractivity contribution is 0.0372. The van der Waals surface area contributed by atoms with E-state index in [0.29, 0.717) is 6.61 Å². The molecule has 2 aliphatic rings. The van der Waals surface area contributed by atoms with Gasteiger partial charge < -0.3 is 24.6 Å². The van der Waals surface area contributed by atoms with Crippen molar-refractivity contribution in [3.8, 4) is 5.75 Å². The summed E-state index contributed by atoms with van der Waals surface area (Å²) in [7, 11) is 0. The molecular weight excluding hydrogens is 356 g/mol. The highest BCUT2D eigenvalue weighted by Gasteiger charge is 2.22. The Morgan fingerprint density at radius 2 is 1.82 bits per heavy atom. The zero-order chi connectivity index (χ0) is 19.6. The summed E-state index contributed by atoms with van der Waals surface area (Å²) in [6, 6.07) is 8.19. The molecule has 0 saturated carbocycles. The molecule has 28 heavy (non-hydrogen) atoms. The number of carbonyl (C=O) groups is 1. The van der Waals surface area contributed by atoms with E-state index in [1.54, 1.807) is 0 Å². The summed E-state index contributed by atoms with van der Waals surface area (Å²) in [4.78, 5) is 19.1. The molecule has 0 aromatic heterocycles. The van der Waals surface area contributed by atoms with E-state index >= 15 is 0 Å². The van der Waals surface area contributed by atoms with Crippen molar-refractivity contribution in [3.63, 3.8) is 0 Å². The summed E-state index contributed by atoms with van der Waals surface area (Å²) in [5, 5.41) is 3.08. The maximum atomic E-state index is 12.4. The van der Waals surface area contributed by atoms with Gasteiger partial charge in [-0.25, -0.2) is 4.79 Å². The van der Waals surface area contributed by atoms with Crippen LogP contribution in [-0.2, 0) is 4.74 Å². The number of nitrogens with one attached hydrogen (secondary N) is 1. The number of unbranched alkanes of at least 4 members (excludes halogenated alkanes) is 1. The van der Waals surface area contributed by atoms with E-state index in [1.165, 1.54) is 0 Å². The number of rotatable bonds is 8. The number of anilines is 1. The van der Waals surface area contributed by atoms with E-state index in [9.17, 15) is 4.79 Å². The minimum atomic E-state index is 0.0594. The zero-order valence-corrected chi connectivity index (χ0v) is 17.1. The monoisotopic (exact) mass is 390 g/mol. The Labute approximate surface area is 168 Å². The molecule has 1 aromatic carbocycles. The van der Waals surface area contributed by atoms with Gasteiger partial charge in [-0.2, -0.15) is 0 Å². The van der Waals surface area contributed by atoms with Crippen molar-refractivity contribution in [2.75, 3.05) is 77.1 Å². The summed E-state index contributed by atoms with van der Waals surface area (Å²) in [5.41, 5.74) is 1.12. The number of carbonyl (C=O) groups excluding carboxylic acids is 1. The third-order valence-electron chi connectivity index (χ3n) is 5.35. The van der Waals surface area contributed by atoms with Crippen LogP contribution in [-0.4, -0.2) is 88.0 Å². The number of hydrogen-bond donors (Lipinski definition) is 1. The molecule has 2 saturated heterocycles. The highest BCUT2D eigenvalue weighted by molar-refractivity contribution is 5.74. The number of ether oxygens (including phenoxy) is 2. The Bertz CT molecular complexity index is 599. The quantitative estimate of drug-likeness (QED) is 0.689. The summed E-state index contributed by atoms with van der Waals surface area (Å²) < 4.78 is 11.1. The second kappa shape index (κ2) is 11.1. The van der Waals surface area contributed by atoms with Crippen molar-refractivity contribution in [1.29, 1.82) is 0 Å². The maximum Gasteiger partial charge on any atom is 0.317 e. The number of amides is 2. The van der Waals surface area contributed by atoms with Gasteiger partial charge in [0.15, 0.2) is 0 Å². The SMILES string of the molecule is CCOc1ccccc1N1CCN(C(=O)NCCCCN2CCOCC2)CC1. The topological polar surface area (TPSA) is 57.3 Å². The van der Waals surface area contributed by atoms with Crippen molar-refractivity contribution in [2.45, 2.75) is 19.8 Å². The lowest BCUT2D eigenvalue weighted by Gasteiger charge is -2.36. The minimum Gasteiger partial charge on any atom is -0.492 e. The number of urea groups is 1. The van der Waals surface area contributed by atoms with E-state index in [1.807, 2.05) is 30.0 Å². The van der Waals surface area contributed by atoms with Crippen molar-refractivity contribution >= 4 is 11.7 Å². The van der Waals surface area contributed by atoms with Gasteiger partial charge >= 0.3 is 6.03 Å². The summed E-state index contributed by atoms with van der Waals surface area (Å²) in [5.74, 6) is 0.920. The summed E-state index contributed by atoms with van der Waals surface area (Å²) in [6.07, 6.45) is 2.13. The fourth-order valence-corrected chi connectivity index (χ4v) is 3.74. The average Bonchev–Trinajstić information content (AvgIpc) is 2.75. The zero-order valence-electron chi connectivity index (χ0n) is 17.1. The molecule has 0 bridgehead atoms. The molecule has 156 valence electrons.